The van der Waals surface area contributed by atoms with E-state index in [0.717, 1.165) is 32.1 Å². The van der Waals surface area contributed by atoms with E-state index in [1.165, 1.54) is 38.2 Å². The highest BCUT2D eigenvalue weighted by Gasteiger charge is 2.72. The topological polar surface area (TPSA) is 55.8 Å². The highest BCUT2D eigenvalue weighted by Crippen LogP contribution is 2.76. The molecule has 0 amide bonds. The van der Waals surface area contributed by atoms with Crippen molar-refractivity contribution in [3.05, 3.63) is 12.7 Å². The Kier molecular flexibility index (Phi) is 6.41. The Labute approximate surface area is 226 Å². The van der Waals surface area contributed by atoms with Gasteiger partial charge in [-0.05, 0) is 125 Å². The lowest BCUT2D eigenvalue weighted by molar-refractivity contribution is -0.258. The van der Waals surface area contributed by atoms with Crippen LogP contribution < -0.4 is 0 Å². The van der Waals surface area contributed by atoms with Crippen molar-refractivity contribution in [1.29, 1.82) is 0 Å². The van der Waals surface area contributed by atoms with Gasteiger partial charge in [0, 0.05) is 11.5 Å². The van der Waals surface area contributed by atoms with E-state index < -0.39 is 0 Å². The highest BCUT2D eigenvalue weighted by molar-refractivity contribution is 5.81. The molecule has 0 bridgehead atoms. The monoisotopic (exact) mass is 514 g/mol. The van der Waals surface area contributed by atoms with Crippen LogP contribution in [0.25, 0.3) is 0 Å². The van der Waals surface area contributed by atoms with Gasteiger partial charge in [0.15, 0.2) is 0 Å². The second-order valence-electron chi connectivity index (χ2n) is 16.0. The van der Waals surface area contributed by atoms with Gasteiger partial charge in [-0.2, -0.15) is 0 Å². The van der Waals surface area contributed by atoms with Gasteiger partial charge in [0.2, 0.25) is 0 Å². The summed E-state index contributed by atoms with van der Waals surface area (Å²) in [6, 6.07) is 0. The first-order valence-corrected chi connectivity index (χ1v) is 15.3. The van der Waals surface area contributed by atoms with Crippen LogP contribution in [0.15, 0.2) is 12.7 Å². The first-order valence-electron chi connectivity index (χ1n) is 15.3. The zero-order chi connectivity index (χ0) is 27.2. The summed E-state index contributed by atoms with van der Waals surface area (Å²) in [4.78, 5) is 12.1. The third-order valence-corrected chi connectivity index (χ3v) is 13.5. The molecule has 0 aromatic rings. The summed E-state index contributed by atoms with van der Waals surface area (Å²) in [6.07, 6.45) is 12.0. The fraction of sp³-hybridized carbons (Fsp3) is 0.909. The predicted octanol–water partition coefficient (Wildman–Crippen LogP) is 7.48. The third kappa shape index (κ3) is 3.85. The number of ether oxygens (including phenoxy) is 2. The van der Waals surface area contributed by atoms with Gasteiger partial charge >= 0.3 is 5.97 Å². The average molecular weight is 515 g/mol. The molecule has 0 spiro atoms. The first kappa shape index (κ1) is 27.7. The summed E-state index contributed by atoms with van der Waals surface area (Å²) in [5, 5.41) is 12.0. The molecule has 4 saturated carbocycles. The number of esters is 1. The van der Waals surface area contributed by atoms with E-state index in [1.54, 1.807) is 0 Å². The third-order valence-electron chi connectivity index (χ3n) is 13.5. The van der Waals surface area contributed by atoms with E-state index in [-0.39, 0.29) is 51.0 Å². The average Bonchev–Trinajstić information content (AvgIpc) is 3.17. The van der Waals surface area contributed by atoms with Gasteiger partial charge in [-0.25, -0.2) is 4.79 Å². The van der Waals surface area contributed by atoms with E-state index in [2.05, 4.69) is 62.0 Å². The van der Waals surface area contributed by atoms with Gasteiger partial charge in [0.25, 0.3) is 0 Å². The minimum Gasteiger partial charge on any atom is -0.459 e. The Morgan fingerprint density at radius 3 is 2.22 bits per heavy atom. The summed E-state index contributed by atoms with van der Waals surface area (Å²) < 4.78 is 12.8. The maximum atomic E-state index is 12.1. The molecular weight excluding hydrogens is 460 g/mol. The SMILES string of the molecule is C=CC(=O)O[C@H]1CC[C@]2(C)[C@H]3C[C@@H](O)[C@@H]4[C@@H]([C@@]5(C)CCCC(C)(C)O5)CC[C@@]4(C)[C@]3(C)CC[C@H]2C1(C)C. The van der Waals surface area contributed by atoms with Gasteiger partial charge in [-0.3, -0.25) is 0 Å². The van der Waals surface area contributed by atoms with Gasteiger partial charge < -0.3 is 14.6 Å². The highest BCUT2D eigenvalue weighted by atomic mass is 16.5. The Bertz CT molecular complexity index is 939. The second-order valence-corrected chi connectivity index (χ2v) is 16.0. The molecular formula is C33H54O4. The quantitative estimate of drug-likeness (QED) is 0.313. The molecule has 4 heteroatoms. The fourth-order valence-electron chi connectivity index (χ4n) is 11.7. The van der Waals surface area contributed by atoms with Crippen molar-refractivity contribution < 1.29 is 19.4 Å². The molecule has 0 radical (unpaired) electrons. The van der Waals surface area contributed by atoms with Crippen molar-refractivity contribution in [2.24, 2.45) is 45.3 Å². The van der Waals surface area contributed by atoms with E-state index in [4.69, 9.17) is 9.47 Å². The van der Waals surface area contributed by atoms with Crippen LogP contribution in [0.2, 0.25) is 0 Å². The first-order chi connectivity index (χ1) is 17.0. The van der Waals surface area contributed by atoms with Crippen LogP contribution in [-0.4, -0.2) is 34.5 Å². The smallest absolute Gasteiger partial charge is 0.330 e. The molecule has 210 valence electrons. The van der Waals surface area contributed by atoms with Crippen LogP contribution in [0, 0.1) is 45.3 Å². The number of hydrogen-bond acceptors (Lipinski definition) is 4. The van der Waals surface area contributed by atoms with E-state index in [0.29, 0.717) is 23.7 Å². The van der Waals surface area contributed by atoms with Gasteiger partial charge in [0.05, 0.1) is 17.3 Å². The zero-order valence-corrected chi connectivity index (χ0v) is 25.0. The summed E-state index contributed by atoms with van der Waals surface area (Å²) in [5.41, 5.74) is 0.112. The summed E-state index contributed by atoms with van der Waals surface area (Å²) >= 11 is 0. The number of carbonyl (C=O) groups excluding carboxylic acids is 1. The maximum Gasteiger partial charge on any atom is 0.330 e. The Hall–Kier alpha value is -0.870. The largest absolute Gasteiger partial charge is 0.459 e. The minimum absolute atomic E-state index is 0.0695. The molecule has 10 atom stereocenters. The minimum atomic E-state index is -0.302. The standard InChI is InChI=1S/C33H54O4/c1-10-26(35)36-25-14-17-30(6)23(29(25,4)5)13-19-31(7)24(30)20-22(34)27-21(12-18-32(27,31)8)33(9)16-11-15-28(2,3)37-33/h10,21-25,27,34H,1,11-20H2,2-9H3/t21-,22+,23-,24+,25-,27-,30-,31+,32+,33+/m0/s1. The summed E-state index contributed by atoms with van der Waals surface area (Å²) in [7, 11) is 0. The van der Waals surface area contributed by atoms with Gasteiger partial charge in [0.1, 0.15) is 6.10 Å². The fourth-order valence-corrected chi connectivity index (χ4v) is 11.7. The second kappa shape index (κ2) is 8.56. The molecule has 5 aliphatic rings. The predicted molar refractivity (Wildman–Crippen MR) is 148 cm³/mol. The Balaban J connectivity index is 1.47. The molecule has 4 aliphatic carbocycles. The van der Waals surface area contributed by atoms with Gasteiger partial charge in [-0.15, -0.1) is 0 Å². The molecule has 5 rings (SSSR count). The number of aliphatic hydroxyl groups excluding tert-OH is 1. The Morgan fingerprint density at radius 1 is 0.892 bits per heavy atom. The van der Waals surface area contributed by atoms with Crippen LogP contribution in [0.3, 0.4) is 0 Å². The zero-order valence-electron chi connectivity index (χ0n) is 25.0. The van der Waals surface area contributed by atoms with Crippen molar-refractivity contribution >= 4 is 5.97 Å². The molecule has 0 unspecified atom stereocenters. The molecule has 5 fully saturated rings. The molecule has 0 aromatic carbocycles. The summed E-state index contributed by atoms with van der Waals surface area (Å²) in [5.74, 6) is 1.36. The number of rotatable bonds is 3. The van der Waals surface area contributed by atoms with Crippen LogP contribution >= 0.6 is 0 Å². The maximum absolute atomic E-state index is 12.1. The van der Waals surface area contributed by atoms with Crippen LogP contribution in [0.5, 0.6) is 0 Å². The molecule has 1 saturated heterocycles. The van der Waals surface area contributed by atoms with Crippen molar-refractivity contribution in [2.45, 2.75) is 143 Å². The lowest BCUT2D eigenvalue weighted by Gasteiger charge is -2.70. The van der Waals surface area contributed by atoms with Crippen LogP contribution in [0.1, 0.15) is 120 Å². The van der Waals surface area contributed by atoms with Gasteiger partial charge in [-0.1, -0.05) is 41.2 Å². The molecule has 1 aliphatic heterocycles. The molecule has 0 aromatic heterocycles. The lowest BCUT2D eigenvalue weighted by atomic mass is 9.35. The van der Waals surface area contributed by atoms with E-state index in [9.17, 15) is 9.90 Å². The van der Waals surface area contributed by atoms with Crippen molar-refractivity contribution in [1.82, 2.24) is 0 Å². The molecule has 1 N–H and O–H groups in total. The van der Waals surface area contributed by atoms with Crippen molar-refractivity contribution in [3.8, 4) is 0 Å². The van der Waals surface area contributed by atoms with Crippen LogP contribution in [0.4, 0.5) is 0 Å². The number of hydrogen-bond donors (Lipinski definition) is 1. The number of aliphatic hydroxyl groups is 1. The van der Waals surface area contributed by atoms with Crippen molar-refractivity contribution in [3.63, 3.8) is 0 Å². The summed E-state index contributed by atoms with van der Waals surface area (Å²) in [6.45, 7) is 22.8. The number of carbonyl (C=O) groups is 1. The van der Waals surface area contributed by atoms with E-state index in [1.807, 2.05) is 0 Å². The molecule has 4 nitrogen and oxygen atoms in total. The van der Waals surface area contributed by atoms with Crippen molar-refractivity contribution in [2.75, 3.05) is 0 Å². The normalized spacial score (nSPS) is 52.4. The molecule has 1 heterocycles. The lowest BCUT2D eigenvalue weighted by Crippen LogP contribution is -2.67. The van der Waals surface area contributed by atoms with E-state index >= 15 is 0 Å². The number of fused-ring (bicyclic) bond motifs is 5. The molecule has 37 heavy (non-hydrogen) atoms. The Morgan fingerprint density at radius 2 is 1.57 bits per heavy atom. The van der Waals surface area contributed by atoms with Crippen LogP contribution in [-0.2, 0) is 14.3 Å².